The highest BCUT2D eigenvalue weighted by Gasteiger charge is 2.26. The molecule has 4 rings (SSSR count). The van der Waals surface area contributed by atoms with Crippen LogP contribution in [0.1, 0.15) is 24.8 Å². The van der Waals surface area contributed by atoms with Crippen LogP contribution in [0.15, 0.2) is 23.6 Å². The fourth-order valence-electron chi connectivity index (χ4n) is 3.51. The number of hydrogen-bond acceptors (Lipinski definition) is 6. The molecule has 3 heterocycles. The number of amides is 1. The van der Waals surface area contributed by atoms with E-state index in [4.69, 9.17) is 5.73 Å². The van der Waals surface area contributed by atoms with Gasteiger partial charge in [-0.25, -0.2) is 9.97 Å². The normalized spacial score (nSPS) is 23.8. The summed E-state index contributed by atoms with van der Waals surface area (Å²) in [5.74, 6) is 1.68. The predicted molar refractivity (Wildman–Crippen MR) is 100 cm³/mol. The van der Waals surface area contributed by atoms with Crippen molar-refractivity contribution in [1.29, 1.82) is 0 Å². The number of aromatic nitrogens is 3. The summed E-state index contributed by atoms with van der Waals surface area (Å²) in [5.41, 5.74) is 7.86. The molecule has 2 aromatic rings. The lowest BCUT2D eigenvalue weighted by Crippen LogP contribution is -2.36. The number of anilines is 1. The van der Waals surface area contributed by atoms with Crippen LogP contribution in [-0.2, 0) is 4.79 Å². The van der Waals surface area contributed by atoms with Crippen molar-refractivity contribution in [3.8, 4) is 0 Å². The van der Waals surface area contributed by atoms with Gasteiger partial charge in [0.25, 0.3) is 5.91 Å². The topological polar surface area (TPSA) is 99.9 Å². The monoisotopic (exact) mass is 358 g/mol. The Morgan fingerprint density at radius 2 is 2.32 bits per heavy atom. The van der Waals surface area contributed by atoms with E-state index in [-0.39, 0.29) is 18.0 Å². The smallest absolute Gasteiger partial charge is 0.259 e. The van der Waals surface area contributed by atoms with E-state index in [1.54, 1.807) is 18.1 Å². The van der Waals surface area contributed by atoms with E-state index in [9.17, 15) is 4.79 Å². The molecule has 2 atom stereocenters. The summed E-state index contributed by atoms with van der Waals surface area (Å²) >= 11 is 1.59. The average Bonchev–Trinajstić information content (AvgIpc) is 3.21. The molecular weight excluding hydrogens is 336 g/mol. The Bertz CT molecular complexity index is 832. The van der Waals surface area contributed by atoms with Gasteiger partial charge in [0.2, 0.25) is 0 Å². The summed E-state index contributed by atoms with van der Waals surface area (Å²) in [5, 5.41) is 4.13. The second-order valence-electron chi connectivity index (χ2n) is 6.67. The molecule has 1 amide bonds. The zero-order valence-corrected chi connectivity index (χ0v) is 15.0. The van der Waals surface area contributed by atoms with E-state index in [0.29, 0.717) is 0 Å². The molecule has 25 heavy (non-hydrogen) atoms. The molecule has 0 bridgehead atoms. The minimum absolute atomic E-state index is 0.00936. The SMILES string of the molecule is Cc1c[nH]c2ncnc(N3C=C(C(=O)N[C@@H]4CC[C@H](N)C4)SCC3)c12. The largest absolute Gasteiger partial charge is 0.349 e. The summed E-state index contributed by atoms with van der Waals surface area (Å²) in [6, 6.07) is 0.401. The van der Waals surface area contributed by atoms with E-state index in [1.807, 2.05) is 19.3 Å². The van der Waals surface area contributed by atoms with E-state index in [0.717, 1.165) is 58.9 Å². The van der Waals surface area contributed by atoms with Gasteiger partial charge in [0.15, 0.2) is 0 Å². The molecule has 0 radical (unpaired) electrons. The molecule has 2 aromatic heterocycles. The standard InChI is InChI=1S/C17H22N6OS/c1-10-7-19-15-14(10)16(21-9-20-15)23-4-5-25-13(8-23)17(24)22-12-3-2-11(18)6-12/h7-9,11-12H,2-6,18H2,1H3,(H,22,24)(H,19,20,21)/t11-,12+/m0/s1. The first kappa shape index (κ1) is 16.4. The zero-order valence-electron chi connectivity index (χ0n) is 14.2. The molecule has 132 valence electrons. The Hall–Kier alpha value is -2.06. The van der Waals surface area contributed by atoms with Crippen LogP contribution in [0.5, 0.6) is 0 Å². The number of nitrogens with one attached hydrogen (secondary N) is 2. The van der Waals surface area contributed by atoms with Crippen molar-refractivity contribution in [2.75, 3.05) is 17.2 Å². The Balaban J connectivity index is 1.57. The molecule has 2 aliphatic rings. The number of carbonyl (C=O) groups excluding carboxylic acids is 1. The lowest BCUT2D eigenvalue weighted by atomic mass is 10.2. The summed E-state index contributed by atoms with van der Waals surface area (Å²) in [6.07, 6.45) is 8.21. The highest BCUT2D eigenvalue weighted by Crippen LogP contribution is 2.31. The molecule has 1 fully saturated rings. The van der Waals surface area contributed by atoms with E-state index < -0.39 is 0 Å². The quantitative estimate of drug-likeness (QED) is 0.772. The highest BCUT2D eigenvalue weighted by molar-refractivity contribution is 8.04. The number of H-pyrrole nitrogens is 1. The third-order valence-corrected chi connectivity index (χ3v) is 5.80. The van der Waals surface area contributed by atoms with Crippen molar-refractivity contribution in [3.63, 3.8) is 0 Å². The summed E-state index contributed by atoms with van der Waals surface area (Å²) < 4.78 is 0. The number of carbonyl (C=O) groups is 1. The van der Waals surface area contributed by atoms with Crippen LogP contribution in [-0.4, -0.2) is 45.2 Å². The van der Waals surface area contributed by atoms with Crippen LogP contribution in [0.25, 0.3) is 11.0 Å². The van der Waals surface area contributed by atoms with Crippen LogP contribution in [0.2, 0.25) is 0 Å². The second-order valence-corrected chi connectivity index (χ2v) is 7.81. The van der Waals surface area contributed by atoms with Crippen molar-refractivity contribution in [2.24, 2.45) is 5.73 Å². The lowest BCUT2D eigenvalue weighted by Gasteiger charge is -2.26. The summed E-state index contributed by atoms with van der Waals surface area (Å²) in [4.78, 5) is 27.3. The van der Waals surface area contributed by atoms with Gasteiger partial charge in [0.1, 0.15) is 17.8 Å². The Kier molecular flexibility index (Phi) is 4.39. The molecular formula is C17H22N6OS. The number of aryl methyl sites for hydroxylation is 1. The van der Waals surface area contributed by atoms with E-state index >= 15 is 0 Å². The van der Waals surface area contributed by atoms with Crippen molar-refractivity contribution < 1.29 is 4.79 Å². The third-order valence-electron chi connectivity index (χ3n) is 4.81. The number of nitrogens with zero attached hydrogens (tertiary/aromatic N) is 3. The lowest BCUT2D eigenvalue weighted by molar-refractivity contribution is -0.117. The highest BCUT2D eigenvalue weighted by atomic mass is 32.2. The first-order chi connectivity index (χ1) is 12.1. The van der Waals surface area contributed by atoms with Crippen LogP contribution >= 0.6 is 11.8 Å². The Morgan fingerprint density at radius 3 is 3.12 bits per heavy atom. The number of thioether (sulfide) groups is 1. The van der Waals surface area contributed by atoms with E-state index in [2.05, 4.69) is 25.2 Å². The first-order valence-electron chi connectivity index (χ1n) is 8.58. The average molecular weight is 358 g/mol. The predicted octanol–water partition coefficient (Wildman–Crippen LogP) is 1.66. The number of rotatable bonds is 3. The molecule has 1 aliphatic heterocycles. The number of fused-ring (bicyclic) bond motifs is 1. The molecule has 8 heteroatoms. The van der Waals surface area contributed by atoms with Gasteiger partial charge in [0, 0.05) is 36.8 Å². The van der Waals surface area contributed by atoms with Gasteiger partial charge in [-0.3, -0.25) is 4.79 Å². The fraction of sp³-hybridized carbons (Fsp3) is 0.471. The Morgan fingerprint density at radius 1 is 1.44 bits per heavy atom. The first-order valence-corrected chi connectivity index (χ1v) is 9.57. The second kappa shape index (κ2) is 6.68. The van der Waals surface area contributed by atoms with Crippen LogP contribution < -0.4 is 16.0 Å². The minimum Gasteiger partial charge on any atom is -0.349 e. The molecule has 0 aromatic carbocycles. The zero-order chi connectivity index (χ0) is 17.4. The van der Waals surface area contributed by atoms with Crippen molar-refractivity contribution in [1.82, 2.24) is 20.3 Å². The fourth-order valence-corrected chi connectivity index (χ4v) is 4.41. The number of aromatic amines is 1. The number of nitrogens with two attached hydrogens (primary N) is 1. The third kappa shape index (κ3) is 3.23. The summed E-state index contributed by atoms with van der Waals surface area (Å²) in [7, 11) is 0. The molecule has 0 saturated heterocycles. The van der Waals surface area contributed by atoms with Gasteiger partial charge >= 0.3 is 0 Å². The van der Waals surface area contributed by atoms with Gasteiger partial charge < -0.3 is 20.9 Å². The molecule has 1 aliphatic carbocycles. The van der Waals surface area contributed by atoms with Gasteiger partial charge in [-0.05, 0) is 31.7 Å². The van der Waals surface area contributed by atoms with Gasteiger partial charge in [-0.2, -0.15) is 0 Å². The van der Waals surface area contributed by atoms with Crippen LogP contribution in [0.3, 0.4) is 0 Å². The molecule has 1 saturated carbocycles. The minimum atomic E-state index is -0.00936. The maximum atomic E-state index is 12.6. The summed E-state index contributed by atoms with van der Waals surface area (Å²) in [6.45, 7) is 2.84. The molecule has 0 unspecified atom stereocenters. The number of hydrogen-bond donors (Lipinski definition) is 3. The van der Waals surface area contributed by atoms with Crippen molar-refractivity contribution >= 4 is 34.5 Å². The van der Waals surface area contributed by atoms with Gasteiger partial charge in [-0.1, -0.05) is 0 Å². The van der Waals surface area contributed by atoms with E-state index in [1.165, 1.54) is 0 Å². The van der Waals surface area contributed by atoms with Crippen molar-refractivity contribution in [2.45, 2.75) is 38.3 Å². The van der Waals surface area contributed by atoms with Crippen LogP contribution in [0.4, 0.5) is 5.82 Å². The molecule has 4 N–H and O–H groups in total. The van der Waals surface area contributed by atoms with Gasteiger partial charge in [0.05, 0.1) is 10.3 Å². The molecule has 7 nitrogen and oxygen atoms in total. The van der Waals surface area contributed by atoms with Gasteiger partial charge in [-0.15, -0.1) is 11.8 Å². The van der Waals surface area contributed by atoms with Crippen LogP contribution in [0, 0.1) is 6.92 Å². The Labute approximate surface area is 150 Å². The maximum absolute atomic E-state index is 12.6. The maximum Gasteiger partial charge on any atom is 0.259 e. The molecule has 0 spiro atoms. The van der Waals surface area contributed by atoms with Crippen molar-refractivity contribution in [3.05, 3.63) is 29.2 Å².